The van der Waals surface area contributed by atoms with E-state index in [2.05, 4.69) is 9.97 Å². The highest BCUT2D eigenvalue weighted by atomic mass is 35.5. The van der Waals surface area contributed by atoms with Crippen LogP contribution in [0.3, 0.4) is 0 Å². The molecule has 0 saturated carbocycles. The molecule has 0 aliphatic heterocycles. The molecule has 2 aromatic heterocycles. The van der Waals surface area contributed by atoms with Gasteiger partial charge in [-0.15, -0.1) is 0 Å². The molecule has 0 atom stereocenters. The summed E-state index contributed by atoms with van der Waals surface area (Å²) in [5, 5.41) is 8.78. The highest BCUT2D eigenvalue weighted by Crippen LogP contribution is 2.23. The van der Waals surface area contributed by atoms with Crippen molar-refractivity contribution in [2.45, 2.75) is 0 Å². The van der Waals surface area contributed by atoms with E-state index in [4.69, 9.17) is 16.7 Å². The Morgan fingerprint density at radius 1 is 1.64 bits per heavy atom. The number of H-pyrrole nitrogens is 1. The molecule has 0 bridgehead atoms. The van der Waals surface area contributed by atoms with E-state index in [1.807, 2.05) is 0 Å². The monoisotopic (exact) mass is 214 g/mol. The highest BCUT2D eigenvalue weighted by molar-refractivity contribution is 6.35. The van der Waals surface area contributed by atoms with Crippen molar-refractivity contribution in [2.24, 2.45) is 0 Å². The fourth-order valence-electron chi connectivity index (χ4n) is 1.14. The smallest absolute Gasteiger partial charge is 0.354 e. The zero-order chi connectivity index (χ0) is 10.3. The summed E-state index contributed by atoms with van der Waals surface area (Å²) >= 11 is 5.72. The molecule has 0 aliphatic rings. The molecule has 0 aromatic carbocycles. The van der Waals surface area contributed by atoms with Crippen LogP contribution in [0.4, 0.5) is 4.39 Å². The van der Waals surface area contributed by atoms with E-state index >= 15 is 0 Å². The maximum Gasteiger partial charge on any atom is 0.354 e. The molecule has 0 unspecified atom stereocenters. The molecule has 2 aromatic rings. The second-order valence-electron chi connectivity index (χ2n) is 2.65. The van der Waals surface area contributed by atoms with E-state index in [-0.39, 0.29) is 16.2 Å². The van der Waals surface area contributed by atoms with Gasteiger partial charge in [-0.3, -0.25) is 0 Å². The number of hydrogen-bond donors (Lipinski definition) is 2. The van der Waals surface area contributed by atoms with Crippen LogP contribution in [0.1, 0.15) is 10.5 Å². The molecule has 0 saturated heterocycles. The van der Waals surface area contributed by atoms with Gasteiger partial charge in [0.2, 0.25) is 0 Å². The Morgan fingerprint density at radius 2 is 2.36 bits per heavy atom. The SMILES string of the molecule is O=C(O)c1cc(Cl)c2[nH]cc(F)c2n1. The van der Waals surface area contributed by atoms with E-state index in [1.54, 1.807) is 0 Å². The van der Waals surface area contributed by atoms with Crippen LogP contribution in [0.25, 0.3) is 11.0 Å². The lowest BCUT2D eigenvalue weighted by molar-refractivity contribution is 0.0691. The van der Waals surface area contributed by atoms with Crippen LogP contribution in [0.2, 0.25) is 5.02 Å². The first-order chi connectivity index (χ1) is 6.59. The average Bonchev–Trinajstić information content (AvgIpc) is 2.48. The number of carboxylic acid groups (broad SMARTS) is 1. The number of pyridine rings is 1. The summed E-state index contributed by atoms with van der Waals surface area (Å²) in [7, 11) is 0. The number of nitrogens with zero attached hydrogens (tertiary/aromatic N) is 1. The summed E-state index contributed by atoms with van der Waals surface area (Å²) in [6.45, 7) is 0. The minimum Gasteiger partial charge on any atom is -0.477 e. The van der Waals surface area contributed by atoms with Crippen LogP contribution in [0.5, 0.6) is 0 Å². The Hall–Kier alpha value is -1.62. The third-order valence-electron chi connectivity index (χ3n) is 1.76. The number of aromatic amines is 1. The van der Waals surface area contributed by atoms with Crippen molar-refractivity contribution in [3.8, 4) is 0 Å². The van der Waals surface area contributed by atoms with E-state index in [1.165, 1.54) is 6.07 Å². The Labute approximate surface area is 82.3 Å². The summed E-state index contributed by atoms with van der Waals surface area (Å²) in [5.41, 5.74) is -0.0370. The van der Waals surface area contributed by atoms with Gasteiger partial charge in [-0.2, -0.15) is 0 Å². The van der Waals surface area contributed by atoms with Gasteiger partial charge in [-0.05, 0) is 6.07 Å². The van der Waals surface area contributed by atoms with Crippen LogP contribution < -0.4 is 0 Å². The summed E-state index contributed by atoms with van der Waals surface area (Å²) in [5.74, 6) is -1.86. The first-order valence-electron chi connectivity index (χ1n) is 3.66. The van der Waals surface area contributed by atoms with Gasteiger partial charge in [0.05, 0.1) is 10.5 Å². The van der Waals surface area contributed by atoms with Gasteiger partial charge in [0.15, 0.2) is 11.5 Å². The van der Waals surface area contributed by atoms with Crippen LogP contribution in [0.15, 0.2) is 12.3 Å². The quantitative estimate of drug-likeness (QED) is 0.764. The Balaban J connectivity index is 2.82. The maximum absolute atomic E-state index is 13.0. The third-order valence-corrected chi connectivity index (χ3v) is 2.06. The molecule has 0 spiro atoms. The van der Waals surface area contributed by atoms with Crippen LogP contribution >= 0.6 is 11.6 Å². The van der Waals surface area contributed by atoms with Crippen molar-refractivity contribution in [3.63, 3.8) is 0 Å². The number of hydrogen-bond acceptors (Lipinski definition) is 2. The van der Waals surface area contributed by atoms with Gasteiger partial charge < -0.3 is 10.1 Å². The summed E-state index contributed by atoms with van der Waals surface area (Å²) in [6, 6.07) is 1.17. The van der Waals surface area contributed by atoms with Gasteiger partial charge in [0.1, 0.15) is 5.52 Å². The number of rotatable bonds is 1. The van der Waals surface area contributed by atoms with Crippen LogP contribution in [-0.2, 0) is 0 Å². The van der Waals surface area contributed by atoms with E-state index in [0.717, 1.165) is 6.20 Å². The number of nitrogens with one attached hydrogen (secondary N) is 1. The minimum absolute atomic E-state index is 0.0603. The number of carbonyl (C=O) groups is 1. The zero-order valence-electron chi connectivity index (χ0n) is 6.71. The van der Waals surface area contributed by atoms with E-state index in [0.29, 0.717) is 5.52 Å². The van der Waals surface area contributed by atoms with Crippen molar-refractivity contribution in [1.29, 1.82) is 0 Å². The van der Waals surface area contributed by atoms with Crippen LogP contribution in [-0.4, -0.2) is 21.0 Å². The molecule has 0 aliphatic carbocycles. The maximum atomic E-state index is 13.0. The molecule has 2 N–H and O–H groups in total. The normalized spacial score (nSPS) is 10.7. The van der Waals surface area contributed by atoms with Gasteiger partial charge >= 0.3 is 5.97 Å². The zero-order valence-corrected chi connectivity index (χ0v) is 7.47. The minimum atomic E-state index is -1.24. The van der Waals surface area contributed by atoms with Gasteiger partial charge in [0.25, 0.3) is 0 Å². The topological polar surface area (TPSA) is 66.0 Å². The largest absolute Gasteiger partial charge is 0.477 e. The molecule has 2 heterocycles. The number of fused-ring (bicyclic) bond motifs is 1. The van der Waals surface area contributed by atoms with Crippen molar-refractivity contribution in [3.05, 3.63) is 28.8 Å². The molecule has 0 radical (unpaired) electrons. The molecule has 0 fully saturated rings. The average molecular weight is 215 g/mol. The predicted octanol–water partition coefficient (Wildman–Crippen LogP) is 2.05. The van der Waals surface area contributed by atoms with Gasteiger partial charge in [0, 0.05) is 6.20 Å². The second kappa shape index (κ2) is 2.95. The second-order valence-corrected chi connectivity index (χ2v) is 3.06. The molecule has 0 amide bonds. The molecule has 4 nitrogen and oxygen atoms in total. The fraction of sp³-hybridized carbons (Fsp3) is 0. The Kier molecular flexibility index (Phi) is 1.89. The lowest BCUT2D eigenvalue weighted by atomic mass is 10.3. The van der Waals surface area contributed by atoms with Crippen molar-refractivity contribution < 1.29 is 14.3 Å². The van der Waals surface area contributed by atoms with Crippen LogP contribution in [0, 0.1) is 5.82 Å². The Bertz CT molecular complexity index is 523. The number of aromatic nitrogens is 2. The first kappa shape index (κ1) is 8.96. The number of halogens is 2. The molecule has 2 rings (SSSR count). The van der Waals surface area contributed by atoms with Crippen molar-refractivity contribution in [1.82, 2.24) is 9.97 Å². The van der Waals surface area contributed by atoms with Crippen molar-refractivity contribution in [2.75, 3.05) is 0 Å². The lowest BCUT2D eigenvalue weighted by Crippen LogP contribution is -2.00. The van der Waals surface area contributed by atoms with Gasteiger partial charge in [-0.1, -0.05) is 11.6 Å². The third kappa shape index (κ3) is 1.22. The molecule has 14 heavy (non-hydrogen) atoms. The van der Waals surface area contributed by atoms with E-state index < -0.39 is 11.8 Å². The van der Waals surface area contributed by atoms with Crippen molar-refractivity contribution >= 4 is 28.6 Å². The standard InChI is InChI=1S/C8H4ClFN2O2/c9-3-1-5(8(13)14)12-7-4(10)2-11-6(3)7/h1-2,11H,(H,13,14). The lowest BCUT2D eigenvalue weighted by Gasteiger charge is -1.96. The highest BCUT2D eigenvalue weighted by Gasteiger charge is 2.13. The first-order valence-corrected chi connectivity index (χ1v) is 4.04. The molecule has 72 valence electrons. The number of carboxylic acids is 1. The number of aromatic carboxylic acids is 1. The summed E-state index contributed by atoms with van der Waals surface area (Å²) < 4.78 is 13.0. The predicted molar refractivity (Wildman–Crippen MR) is 48.0 cm³/mol. The summed E-state index contributed by atoms with van der Waals surface area (Å²) in [4.78, 5) is 16.7. The van der Waals surface area contributed by atoms with E-state index in [9.17, 15) is 9.18 Å². The molecule has 6 heteroatoms. The Morgan fingerprint density at radius 3 is 3.00 bits per heavy atom. The molecular weight excluding hydrogens is 211 g/mol. The van der Waals surface area contributed by atoms with Gasteiger partial charge in [-0.25, -0.2) is 14.2 Å². The fourth-order valence-corrected chi connectivity index (χ4v) is 1.38. The molecular formula is C8H4ClFN2O2. The summed E-state index contributed by atoms with van der Waals surface area (Å²) in [6.07, 6.45) is 1.08.